The van der Waals surface area contributed by atoms with Crippen molar-refractivity contribution >= 4 is 17.3 Å². The summed E-state index contributed by atoms with van der Waals surface area (Å²) in [5, 5.41) is 6.18. The van der Waals surface area contributed by atoms with Crippen LogP contribution in [0, 0.1) is 5.82 Å². The Labute approximate surface area is 93.4 Å². The molecule has 0 aliphatic rings. The van der Waals surface area contributed by atoms with Crippen molar-refractivity contribution in [2.45, 2.75) is 6.54 Å². The number of thiocarbonyl (C=S) groups is 1. The normalized spacial score (nSPS) is 9.40. The summed E-state index contributed by atoms with van der Waals surface area (Å²) in [4.78, 5) is 3.89. The molecule has 0 bridgehead atoms. The van der Waals surface area contributed by atoms with Gasteiger partial charge in [-0.05, 0) is 24.4 Å². The summed E-state index contributed by atoms with van der Waals surface area (Å²) in [6.07, 6.45) is 3.23. The van der Waals surface area contributed by atoms with Crippen molar-refractivity contribution in [1.82, 2.24) is 15.6 Å². The fourth-order valence-corrected chi connectivity index (χ4v) is 1.10. The minimum Gasteiger partial charge on any atom is -0.359 e. The van der Waals surface area contributed by atoms with Crippen molar-refractivity contribution in [1.29, 1.82) is 0 Å². The molecule has 2 N–H and O–H groups in total. The Morgan fingerprint density at radius 2 is 2.40 bits per heavy atom. The Morgan fingerprint density at radius 3 is 3.07 bits per heavy atom. The van der Waals surface area contributed by atoms with Gasteiger partial charge in [0, 0.05) is 12.7 Å². The molecule has 5 heteroatoms. The molecule has 0 aliphatic carbocycles. The molecule has 1 aromatic rings. The van der Waals surface area contributed by atoms with Gasteiger partial charge in [0.15, 0.2) is 5.11 Å². The smallest absolute Gasteiger partial charge is 0.166 e. The van der Waals surface area contributed by atoms with Gasteiger partial charge in [-0.1, -0.05) is 6.08 Å². The molecule has 1 rings (SSSR count). The molecular weight excluding hydrogens is 213 g/mol. The third-order valence-electron chi connectivity index (χ3n) is 1.66. The van der Waals surface area contributed by atoms with E-state index in [4.69, 9.17) is 12.2 Å². The molecule has 15 heavy (non-hydrogen) atoms. The summed E-state index contributed by atoms with van der Waals surface area (Å²) in [7, 11) is 0. The lowest BCUT2D eigenvalue weighted by atomic mass is 10.3. The lowest BCUT2D eigenvalue weighted by molar-refractivity contribution is 0.593. The molecule has 1 aromatic heterocycles. The molecule has 3 nitrogen and oxygen atoms in total. The van der Waals surface area contributed by atoms with Gasteiger partial charge in [-0.3, -0.25) is 4.98 Å². The summed E-state index contributed by atoms with van der Waals surface area (Å²) >= 11 is 4.94. The van der Waals surface area contributed by atoms with E-state index in [2.05, 4.69) is 22.2 Å². The van der Waals surface area contributed by atoms with Crippen molar-refractivity contribution in [3.8, 4) is 0 Å². The topological polar surface area (TPSA) is 37.0 Å². The number of nitrogens with zero attached hydrogens (tertiary/aromatic N) is 1. The molecule has 1 heterocycles. The Hall–Kier alpha value is -1.49. The maximum atomic E-state index is 13.1. The van der Waals surface area contributed by atoms with Gasteiger partial charge in [-0.25, -0.2) is 4.39 Å². The lowest BCUT2D eigenvalue weighted by Crippen LogP contribution is -2.35. The standard InChI is InChI=1S/C10H12FN3S/c1-2-5-13-10(15)14-7-9-8(11)4-3-6-12-9/h2-4,6H,1,5,7H2,(H2,13,14,15). The van der Waals surface area contributed by atoms with E-state index in [1.54, 1.807) is 18.3 Å². The van der Waals surface area contributed by atoms with Gasteiger partial charge in [-0.15, -0.1) is 6.58 Å². The maximum absolute atomic E-state index is 13.1. The van der Waals surface area contributed by atoms with Gasteiger partial charge in [0.2, 0.25) is 0 Å². The summed E-state index contributed by atoms with van der Waals surface area (Å²) in [5.74, 6) is -0.337. The van der Waals surface area contributed by atoms with E-state index in [1.807, 2.05) is 0 Å². The highest BCUT2D eigenvalue weighted by molar-refractivity contribution is 7.80. The van der Waals surface area contributed by atoms with Crippen molar-refractivity contribution in [3.63, 3.8) is 0 Å². The van der Waals surface area contributed by atoms with Crippen LogP contribution in [0.2, 0.25) is 0 Å². The number of nitrogens with one attached hydrogen (secondary N) is 2. The predicted molar refractivity (Wildman–Crippen MR) is 61.8 cm³/mol. The van der Waals surface area contributed by atoms with E-state index in [0.717, 1.165) is 0 Å². The Bertz CT molecular complexity index is 354. The first-order chi connectivity index (χ1) is 7.24. The molecular formula is C10H12FN3S. The van der Waals surface area contributed by atoms with E-state index in [9.17, 15) is 4.39 Å². The van der Waals surface area contributed by atoms with Gasteiger partial charge in [-0.2, -0.15) is 0 Å². The van der Waals surface area contributed by atoms with Crippen molar-refractivity contribution < 1.29 is 4.39 Å². The number of rotatable bonds is 4. The molecule has 0 atom stereocenters. The zero-order valence-corrected chi connectivity index (χ0v) is 8.98. The van der Waals surface area contributed by atoms with E-state index < -0.39 is 0 Å². The first-order valence-electron chi connectivity index (χ1n) is 4.46. The van der Waals surface area contributed by atoms with Crippen LogP contribution in [-0.2, 0) is 6.54 Å². The minimum absolute atomic E-state index is 0.273. The van der Waals surface area contributed by atoms with Crippen LogP contribution >= 0.6 is 12.2 Å². The van der Waals surface area contributed by atoms with Gasteiger partial charge in [0.05, 0.1) is 12.2 Å². The van der Waals surface area contributed by atoms with Gasteiger partial charge < -0.3 is 10.6 Å². The fourth-order valence-electron chi connectivity index (χ4n) is 0.940. The molecule has 0 aromatic carbocycles. The van der Waals surface area contributed by atoms with E-state index >= 15 is 0 Å². The molecule has 0 spiro atoms. The van der Waals surface area contributed by atoms with E-state index in [-0.39, 0.29) is 12.4 Å². The molecule has 0 fully saturated rings. The van der Waals surface area contributed by atoms with E-state index in [0.29, 0.717) is 17.4 Å². The SMILES string of the molecule is C=CCNC(=S)NCc1ncccc1F. The number of hydrogen-bond donors (Lipinski definition) is 2. The van der Waals surface area contributed by atoms with Crippen molar-refractivity contribution in [2.75, 3.05) is 6.54 Å². The summed E-state index contributed by atoms with van der Waals surface area (Å²) in [6, 6.07) is 2.91. The highest BCUT2D eigenvalue weighted by Crippen LogP contribution is 2.01. The molecule has 0 aliphatic heterocycles. The zero-order chi connectivity index (χ0) is 11.1. The second-order valence-electron chi connectivity index (χ2n) is 2.78. The molecule has 80 valence electrons. The van der Waals surface area contributed by atoms with Crippen LogP contribution in [0.5, 0.6) is 0 Å². The van der Waals surface area contributed by atoms with Gasteiger partial charge >= 0.3 is 0 Å². The minimum atomic E-state index is -0.337. The summed E-state index contributed by atoms with van der Waals surface area (Å²) < 4.78 is 13.1. The first-order valence-corrected chi connectivity index (χ1v) is 4.87. The zero-order valence-electron chi connectivity index (χ0n) is 8.16. The average molecular weight is 225 g/mol. The molecule has 0 radical (unpaired) electrons. The first kappa shape index (κ1) is 11.6. The number of pyridine rings is 1. The van der Waals surface area contributed by atoms with Crippen molar-refractivity contribution in [2.24, 2.45) is 0 Å². The quantitative estimate of drug-likeness (QED) is 0.599. The largest absolute Gasteiger partial charge is 0.359 e. The highest BCUT2D eigenvalue weighted by atomic mass is 32.1. The summed E-state index contributed by atoms with van der Waals surface area (Å²) in [6.45, 7) is 4.40. The molecule has 0 saturated carbocycles. The molecule has 0 saturated heterocycles. The van der Waals surface area contributed by atoms with Crippen LogP contribution in [0.3, 0.4) is 0 Å². The number of aromatic nitrogens is 1. The van der Waals surface area contributed by atoms with Crippen LogP contribution in [0.25, 0.3) is 0 Å². The van der Waals surface area contributed by atoms with Crippen molar-refractivity contribution in [3.05, 3.63) is 42.5 Å². The maximum Gasteiger partial charge on any atom is 0.166 e. The molecule has 0 unspecified atom stereocenters. The van der Waals surface area contributed by atoms with Crippen LogP contribution in [0.1, 0.15) is 5.69 Å². The second-order valence-corrected chi connectivity index (χ2v) is 3.19. The van der Waals surface area contributed by atoms with Crippen LogP contribution in [0.4, 0.5) is 4.39 Å². The lowest BCUT2D eigenvalue weighted by Gasteiger charge is -2.08. The summed E-state index contributed by atoms with van der Waals surface area (Å²) in [5.41, 5.74) is 0.347. The third-order valence-corrected chi connectivity index (χ3v) is 1.95. The highest BCUT2D eigenvalue weighted by Gasteiger charge is 2.02. The Kier molecular flexibility index (Phi) is 4.70. The van der Waals surface area contributed by atoms with Crippen LogP contribution in [-0.4, -0.2) is 16.6 Å². The Morgan fingerprint density at radius 1 is 1.60 bits per heavy atom. The number of hydrogen-bond acceptors (Lipinski definition) is 2. The van der Waals surface area contributed by atoms with Crippen LogP contribution in [0.15, 0.2) is 31.0 Å². The van der Waals surface area contributed by atoms with Crippen LogP contribution < -0.4 is 10.6 Å². The van der Waals surface area contributed by atoms with E-state index in [1.165, 1.54) is 6.07 Å². The molecule has 0 amide bonds. The second kappa shape index (κ2) is 6.08. The average Bonchev–Trinajstić information content (AvgIpc) is 2.25. The monoisotopic (exact) mass is 225 g/mol. The third kappa shape index (κ3) is 4.03. The number of halogens is 1. The predicted octanol–water partition coefficient (Wildman–Crippen LogP) is 1.37. The van der Waals surface area contributed by atoms with Gasteiger partial charge in [0.25, 0.3) is 0 Å². The van der Waals surface area contributed by atoms with Gasteiger partial charge in [0.1, 0.15) is 5.82 Å². The fraction of sp³-hybridized carbons (Fsp3) is 0.200. The Balaban J connectivity index is 2.40.